The van der Waals surface area contributed by atoms with E-state index in [1.54, 1.807) is 11.8 Å². The molecule has 1 rings (SSSR count). The van der Waals surface area contributed by atoms with Crippen LogP contribution in [0.5, 0.6) is 0 Å². The highest BCUT2D eigenvalue weighted by Crippen LogP contribution is 2.17. The van der Waals surface area contributed by atoms with Crippen molar-refractivity contribution in [2.24, 2.45) is 5.73 Å². The molecule has 0 aliphatic carbocycles. The van der Waals surface area contributed by atoms with Gasteiger partial charge in [-0.05, 0) is 44.8 Å². The predicted molar refractivity (Wildman–Crippen MR) is 92.0 cm³/mol. The number of carbonyl (C=O) groups is 2. The molecule has 122 valence electrons. The van der Waals surface area contributed by atoms with Crippen molar-refractivity contribution in [2.45, 2.75) is 39.3 Å². The zero-order valence-corrected chi connectivity index (χ0v) is 14.4. The third-order valence-corrected chi connectivity index (χ3v) is 3.99. The summed E-state index contributed by atoms with van der Waals surface area (Å²) in [5, 5.41) is 5.45. The van der Waals surface area contributed by atoms with Gasteiger partial charge in [0.05, 0.1) is 6.04 Å². The first-order chi connectivity index (χ1) is 10.3. The first-order valence-electron chi connectivity index (χ1n) is 7.27. The van der Waals surface area contributed by atoms with Gasteiger partial charge in [0.15, 0.2) is 0 Å². The molecule has 3 amide bonds. The SMILES string of the molecule is CSCC[C@H](NC(N)=O)C(=O)N[C@H](C)c1cc(C)cc(C)c1. The van der Waals surface area contributed by atoms with Crippen molar-refractivity contribution in [1.29, 1.82) is 0 Å². The average Bonchev–Trinajstić information content (AvgIpc) is 2.41. The van der Waals surface area contributed by atoms with Crippen molar-refractivity contribution in [3.8, 4) is 0 Å². The van der Waals surface area contributed by atoms with Crippen molar-refractivity contribution >= 4 is 23.7 Å². The zero-order chi connectivity index (χ0) is 16.7. The summed E-state index contributed by atoms with van der Waals surface area (Å²) in [5.41, 5.74) is 8.51. The summed E-state index contributed by atoms with van der Waals surface area (Å²) in [4.78, 5) is 23.4. The molecule has 0 radical (unpaired) electrons. The standard InChI is InChI=1S/C16H25N3O2S/c1-10-7-11(2)9-13(8-10)12(3)18-15(20)14(5-6-22-4)19-16(17)21/h7-9,12,14H,5-6H2,1-4H3,(H,18,20)(H3,17,19,21)/t12-,14+/m1/s1. The Morgan fingerprint density at radius 3 is 2.27 bits per heavy atom. The van der Waals surface area contributed by atoms with Crippen LogP contribution >= 0.6 is 11.8 Å². The third-order valence-electron chi connectivity index (χ3n) is 3.35. The Morgan fingerprint density at radius 2 is 1.77 bits per heavy atom. The molecule has 0 unspecified atom stereocenters. The molecule has 0 heterocycles. The first-order valence-corrected chi connectivity index (χ1v) is 8.66. The van der Waals surface area contributed by atoms with E-state index in [0.29, 0.717) is 6.42 Å². The average molecular weight is 323 g/mol. The molecule has 0 saturated heterocycles. The van der Waals surface area contributed by atoms with E-state index >= 15 is 0 Å². The van der Waals surface area contributed by atoms with Crippen molar-refractivity contribution in [3.63, 3.8) is 0 Å². The zero-order valence-electron chi connectivity index (χ0n) is 13.6. The van der Waals surface area contributed by atoms with E-state index in [-0.39, 0.29) is 11.9 Å². The molecule has 0 saturated carbocycles. The Hall–Kier alpha value is -1.69. The molecular weight excluding hydrogens is 298 g/mol. The number of nitrogens with one attached hydrogen (secondary N) is 2. The van der Waals surface area contributed by atoms with E-state index in [1.807, 2.05) is 27.0 Å². The van der Waals surface area contributed by atoms with Gasteiger partial charge in [0.2, 0.25) is 5.91 Å². The maximum absolute atomic E-state index is 12.3. The van der Waals surface area contributed by atoms with Gasteiger partial charge in [0.1, 0.15) is 6.04 Å². The number of benzene rings is 1. The molecule has 1 aromatic rings. The Kier molecular flexibility index (Phi) is 7.24. The van der Waals surface area contributed by atoms with Crippen LogP contribution in [-0.4, -0.2) is 30.0 Å². The normalized spacial score (nSPS) is 13.3. The predicted octanol–water partition coefficient (Wildman–Crippen LogP) is 2.27. The lowest BCUT2D eigenvalue weighted by atomic mass is 10.0. The minimum absolute atomic E-state index is 0.127. The lowest BCUT2D eigenvalue weighted by Crippen LogP contribution is -2.49. The second-order valence-electron chi connectivity index (χ2n) is 5.49. The van der Waals surface area contributed by atoms with Gasteiger partial charge in [-0.25, -0.2) is 4.79 Å². The fraction of sp³-hybridized carbons (Fsp3) is 0.500. The highest BCUT2D eigenvalue weighted by molar-refractivity contribution is 7.98. The van der Waals surface area contributed by atoms with Crippen LogP contribution in [0.25, 0.3) is 0 Å². The van der Waals surface area contributed by atoms with Gasteiger partial charge in [-0.15, -0.1) is 0 Å². The topological polar surface area (TPSA) is 84.2 Å². The smallest absolute Gasteiger partial charge is 0.312 e. The highest BCUT2D eigenvalue weighted by Gasteiger charge is 2.21. The summed E-state index contributed by atoms with van der Waals surface area (Å²) in [6, 6.07) is 4.79. The van der Waals surface area contributed by atoms with Gasteiger partial charge in [-0.3, -0.25) is 4.79 Å². The summed E-state index contributed by atoms with van der Waals surface area (Å²) in [6.07, 6.45) is 2.51. The molecule has 0 spiro atoms. The van der Waals surface area contributed by atoms with Crippen LogP contribution in [0.3, 0.4) is 0 Å². The number of thioether (sulfide) groups is 1. The molecule has 0 bridgehead atoms. The Balaban J connectivity index is 2.76. The number of primary amides is 1. The summed E-state index contributed by atoms with van der Waals surface area (Å²) in [5.74, 6) is 0.565. The van der Waals surface area contributed by atoms with Crippen molar-refractivity contribution in [3.05, 3.63) is 34.9 Å². The van der Waals surface area contributed by atoms with Crippen molar-refractivity contribution < 1.29 is 9.59 Å². The quantitative estimate of drug-likeness (QED) is 0.719. The van der Waals surface area contributed by atoms with Crippen LogP contribution in [0.15, 0.2) is 18.2 Å². The fourth-order valence-electron chi connectivity index (χ4n) is 2.33. The van der Waals surface area contributed by atoms with Crippen LogP contribution in [0.1, 0.15) is 36.1 Å². The molecule has 5 nitrogen and oxygen atoms in total. The van der Waals surface area contributed by atoms with Gasteiger partial charge in [0.25, 0.3) is 0 Å². The summed E-state index contributed by atoms with van der Waals surface area (Å²) in [7, 11) is 0. The van der Waals surface area contributed by atoms with Gasteiger partial charge in [0, 0.05) is 0 Å². The van der Waals surface area contributed by atoms with E-state index in [1.165, 1.54) is 0 Å². The molecule has 0 aromatic heterocycles. The number of nitrogens with two attached hydrogens (primary N) is 1. The first kappa shape index (κ1) is 18.4. The van der Waals surface area contributed by atoms with Gasteiger partial charge >= 0.3 is 6.03 Å². The van der Waals surface area contributed by atoms with Crippen LogP contribution in [0, 0.1) is 13.8 Å². The Labute approximate surface area is 136 Å². The van der Waals surface area contributed by atoms with Crippen molar-refractivity contribution in [1.82, 2.24) is 10.6 Å². The largest absolute Gasteiger partial charge is 0.352 e. The Morgan fingerprint density at radius 1 is 1.18 bits per heavy atom. The van der Waals surface area contributed by atoms with E-state index in [4.69, 9.17) is 5.73 Å². The maximum Gasteiger partial charge on any atom is 0.312 e. The molecular formula is C16H25N3O2S. The monoisotopic (exact) mass is 323 g/mol. The van der Waals surface area contributed by atoms with E-state index in [9.17, 15) is 9.59 Å². The van der Waals surface area contributed by atoms with Gasteiger partial charge < -0.3 is 16.4 Å². The molecule has 0 aliphatic heterocycles. The lowest BCUT2D eigenvalue weighted by Gasteiger charge is -2.21. The molecule has 1 aromatic carbocycles. The number of carbonyl (C=O) groups excluding carboxylic acids is 2. The summed E-state index contributed by atoms with van der Waals surface area (Å²) >= 11 is 1.62. The lowest BCUT2D eigenvalue weighted by molar-refractivity contribution is -0.123. The van der Waals surface area contributed by atoms with Crippen LogP contribution in [0.4, 0.5) is 4.79 Å². The molecule has 2 atom stereocenters. The second kappa shape index (κ2) is 8.68. The second-order valence-corrected chi connectivity index (χ2v) is 6.48. The minimum atomic E-state index is -0.680. The molecule has 0 fully saturated rings. The van der Waals surface area contributed by atoms with E-state index in [0.717, 1.165) is 22.4 Å². The number of aryl methyl sites for hydroxylation is 2. The third kappa shape index (κ3) is 5.97. The number of hydrogen-bond acceptors (Lipinski definition) is 3. The molecule has 0 aliphatic rings. The van der Waals surface area contributed by atoms with Crippen LogP contribution in [-0.2, 0) is 4.79 Å². The molecule has 4 N–H and O–H groups in total. The number of hydrogen-bond donors (Lipinski definition) is 3. The fourth-order valence-corrected chi connectivity index (χ4v) is 2.80. The maximum atomic E-state index is 12.3. The molecule has 6 heteroatoms. The molecule has 22 heavy (non-hydrogen) atoms. The number of rotatable bonds is 7. The number of urea groups is 1. The Bertz CT molecular complexity index is 514. The van der Waals surface area contributed by atoms with Crippen molar-refractivity contribution in [2.75, 3.05) is 12.0 Å². The van der Waals surface area contributed by atoms with Crippen LogP contribution < -0.4 is 16.4 Å². The summed E-state index contributed by atoms with van der Waals surface area (Å²) in [6.45, 7) is 5.99. The van der Waals surface area contributed by atoms with E-state index in [2.05, 4.69) is 28.8 Å². The van der Waals surface area contributed by atoms with E-state index < -0.39 is 12.1 Å². The summed E-state index contributed by atoms with van der Waals surface area (Å²) < 4.78 is 0. The minimum Gasteiger partial charge on any atom is -0.352 e. The van der Waals surface area contributed by atoms with Crippen LogP contribution in [0.2, 0.25) is 0 Å². The van der Waals surface area contributed by atoms with Gasteiger partial charge in [-0.1, -0.05) is 29.3 Å². The number of amides is 3. The van der Waals surface area contributed by atoms with Gasteiger partial charge in [-0.2, -0.15) is 11.8 Å². The highest BCUT2D eigenvalue weighted by atomic mass is 32.2.